The molecule has 0 aliphatic carbocycles. The van der Waals surface area contributed by atoms with Crippen LogP contribution in [0.25, 0.3) is 0 Å². The maximum absolute atomic E-state index is 11.9. The van der Waals surface area contributed by atoms with Crippen molar-refractivity contribution >= 4 is 23.2 Å². The highest BCUT2D eigenvalue weighted by atomic mass is 35.5. The smallest absolute Gasteiger partial charge is 0.258 e. The number of likely N-dealkylation sites (N-methyl/N-ethyl adjacent to an activating group) is 1. The molecular weight excluding hydrogens is 242 g/mol. The number of amides is 1. The number of carbonyl (C=O) groups excluding carboxylic acids is 1. The summed E-state index contributed by atoms with van der Waals surface area (Å²) in [6, 6.07) is 4.99. The van der Waals surface area contributed by atoms with E-state index in [0.29, 0.717) is 16.5 Å². The number of methoxy groups -OCH3 is 1. The lowest BCUT2D eigenvalue weighted by Gasteiger charge is -2.25. The van der Waals surface area contributed by atoms with E-state index < -0.39 is 11.5 Å². The Labute approximate surface area is 106 Å². The van der Waals surface area contributed by atoms with Crippen molar-refractivity contribution in [2.45, 2.75) is 19.4 Å². The van der Waals surface area contributed by atoms with Crippen LogP contribution in [0.5, 0.6) is 5.75 Å². The van der Waals surface area contributed by atoms with Gasteiger partial charge in [-0.25, -0.2) is 0 Å². The minimum Gasteiger partial charge on any atom is -0.497 e. The lowest BCUT2D eigenvalue weighted by Crippen LogP contribution is -2.43. The Bertz CT molecular complexity index is 426. The average Bonchev–Trinajstić information content (AvgIpc) is 2.25. The molecule has 0 atom stereocenters. The van der Waals surface area contributed by atoms with Crippen molar-refractivity contribution in [3.05, 3.63) is 23.2 Å². The van der Waals surface area contributed by atoms with Crippen molar-refractivity contribution < 1.29 is 14.6 Å². The van der Waals surface area contributed by atoms with Gasteiger partial charge in [0, 0.05) is 13.1 Å². The molecule has 1 aromatic rings. The van der Waals surface area contributed by atoms with Gasteiger partial charge in [-0.3, -0.25) is 4.79 Å². The molecule has 0 bridgehead atoms. The van der Waals surface area contributed by atoms with Gasteiger partial charge in [0.05, 0.1) is 17.8 Å². The molecule has 1 amide bonds. The zero-order valence-electron chi connectivity index (χ0n) is 10.3. The highest BCUT2D eigenvalue weighted by Gasteiger charge is 2.28. The van der Waals surface area contributed by atoms with E-state index in [0.717, 1.165) is 0 Å². The summed E-state index contributed by atoms with van der Waals surface area (Å²) in [5, 5.41) is 10.0. The predicted molar refractivity (Wildman–Crippen MR) is 67.7 cm³/mol. The van der Waals surface area contributed by atoms with Gasteiger partial charge in [0.25, 0.3) is 5.91 Å². The van der Waals surface area contributed by atoms with Gasteiger partial charge in [-0.2, -0.15) is 0 Å². The lowest BCUT2D eigenvalue weighted by atomic mass is 10.1. The van der Waals surface area contributed by atoms with Gasteiger partial charge in [-0.1, -0.05) is 11.6 Å². The first-order valence-electron chi connectivity index (χ1n) is 5.11. The van der Waals surface area contributed by atoms with Gasteiger partial charge in [-0.05, 0) is 26.0 Å². The molecule has 0 aromatic heterocycles. The topological polar surface area (TPSA) is 49.8 Å². The quantitative estimate of drug-likeness (QED) is 0.902. The Morgan fingerprint density at radius 2 is 2.06 bits per heavy atom. The normalized spacial score (nSPS) is 11.2. The van der Waals surface area contributed by atoms with Crippen LogP contribution in [0.3, 0.4) is 0 Å². The number of anilines is 1. The maximum atomic E-state index is 11.9. The Hall–Kier alpha value is -1.26. The zero-order valence-corrected chi connectivity index (χ0v) is 11.1. The third kappa shape index (κ3) is 3.11. The van der Waals surface area contributed by atoms with Crippen molar-refractivity contribution in [1.29, 1.82) is 0 Å². The summed E-state index contributed by atoms with van der Waals surface area (Å²) in [7, 11) is 3.10. The second-order valence-electron chi connectivity index (χ2n) is 4.24. The number of nitrogens with zero attached hydrogens (tertiary/aromatic N) is 1. The molecule has 0 unspecified atom stereocenters. The molecule has 1 N–H and O–H groups in total. The Morgan fingerprint density at radius 3 is 2.47 bits per heavy atom. The minimum absolute atomic E-state index is 0.393. The lowest BCUT2D eigenvalue weighted by molar-refractivity contribution is -0.133. The van der Waals surface area contributed by atoms with E-state index in [1.54, 1.807) is 25.2 Å². The van der Waals surface area contributed by atoms with Crippen LogP contribution in [-0.4, -0.2) is 30.8 Å². The van der Waals surface area contributed by atoms with Gasteiger partial charge in [-0.15, -0.1) is 0 Å². The standard InChI is InChI=1S/C12H16ClNO3/c1-12(2,16)11(15)14(3)10-6-5-8(17-4)7-9(10)13/h5-7,16H,1-4H3. The SMILES string of the molecule is COc1ccc(N(C)C(=O)C(C)(C)O)c(Cl)c1. The summed E-state index contributed by atoms with van der Waals surface area (Å²) in [6.45, 7) is 2.87. The van der Waals surface area contributed by atoms with E-state index in [4.69, 9.17) is 16.3 Å². The van der Waals surface area contributed by atoms with Crippen LogP contribution in [-0.2, 0) is 4.79 Å². The number of hydrogen-bond acceptors (Lipinski definition) is 3. The molecule has 0 aliphatic heterocycles. The van der Waals surface area contributed by atoms with Crippen LogP contribution >= 0.6 is 11.6 Å². The van der Waals surface area contributed by atoms with Crippen molar-refractivity contribution in [3.8, 4) is 5.75 Å². The fraction of sp³-hybridized carbons (Fsp3) is 0.417. The highest BCUT2D eigenvalue weighted by molar-refractivity contribution is 6.34. The highest BCUT2D eigenvalue weighted by Crippen LogP contribution is 2.30. The van der Waals surface area contributed by atoms with Crippen molar-refractivity contribution in [2.24, 2.45) is 0 Å². The molecule has 0 spiro atoms. The minimum atomic E-state index is -1.43. The predicted octanol–water partition coefficient (Wildman–Crippen LogP) is 2.08. The summed E-state index contributed by atoms with van der Waals surface area (Å²) in [5.74, 6) is 0.187. The second kappa shape index (κ2) is 4.94. The number of carbonyl (C=O) groups is 1. The average molecular weight is 258 g/mol. The molecule has 0 radical (unpaired) electrons. The molecule has 0 saturated heterocycles. The molecule has 0 aliphatic rings. The van der Waals surface area contributed by atoms with Crippen LogP contribution < -0.4 is 9.64 Å². The Morgan fingerprint density at radius 1 is 1.47 bits per heavy atom. The number of rotatable bonds is 3. The van der Waals surface area contributed by atoms with Gasteiger partial charge >= 0.3 is 0 Å². The van der Waals surface area contributed by atoms with Crippen LogP contribution in [0.1, 0.15) is 13.8 Å². The second-order valence-corrected chi connectivity index (χ2v) is 4.65. The fourth-order valence-electron chi connectivity index (χ4n) is 1.41. The van der Waals surface area contributed by atoms with E-state index in [1.807, 2.05) is 0 Å². The summed E-state index contributed by atoms with van der Waals surface area (Å²) in [4.78, 5) is 13.2. The van der Waals surface area contributed by atoms with Crippen LogP contribution in [0, 0.1) is 0 Å². The maximum Gasteiger partial charge on any atom is 0.258 e. The first-order valence-corrected chi connectivity index (χ1v) is 5.49. The summed E-state index contributed by atoms with van der Waals surface area (Å²) in [6.07, 6.45) is 0. The largest absolute Gasteiger partial charge is 0.497 e. The van der Waals surface area contributed by atoms with E-state index in [1.165, 1.54) is 25.9 Å². The third-order valence-electron chi connectivity index (χ3n) is 2.34. The molecule has 94 valence electrons. The van der Waals surface area contributed by atoms with Gasteiger partial charge < -0.3 is 14.7 Å². The van der Waals surface area contributed by atoms with E-state index in [-0.39, 0.29) is 0 Å². The van der Waals surface area contributed by atoms with Crippen molar-refractivity contribution in [2.75, 3.05) is 19.1 Å². The molecular formula is C12H16ClNO3. The summed E-state index contributed by atoms with van der Waals surface area (Å²) >= 11 is 6.04. The molecule has 1 rings (SSSR count). The van der Waals surface area contributed by atoms with Crippen molar-refractivity contribution in [1.82, 2.24) is 0 Å². The summed E-state index contributed by atoms with van der Waals surface area (Å²) in [5.41, 5.74) is -0.905. The van der Waals surface area contributed by atoms with Gasteiger partial charge in [0.2, 0.25) is 0 Å². The van der Waals surface area contributed by atoms with E-state index in [2.05, 4.69) is 0 Å². The van der Waals surface area contributed by atoms with E-state index >= 15 is 0 Å². The molecule has 0 heterocycles. The molecule has 1 aromatic carbocycles. The molecule has 17 heavy (non-hydrogen) atoms. The monoisotopic (exact) mass is 257 g/mol. The van der Waals surface area contributed by atoms with Crippen LogP contribution in [0.15, 0.2) is 18.2 Å². The summed E-state index contributed by atoms with van der Waals surface area (Å²) < 4.78 is 5.02. The molecule has 0 fully saturated rings. The Balaban J connectivity index is 3.05. The number of aliphatic hydroxyl groups is 1. The number of benzene rings is 1. The fourth-order valence-corrected chi connectivity index (χ4v) is 1.70. The van der Waals surface area contributed by atoms with Gasteiger partial charge in [0.15, 0.2) is 0 Å². The van der Waals surface area contributed by atoms with Gasteiger partial charge in [0.1, 0.15) is 11.4 Å². The molecule has 0 saturated carbocycles. The van der Waals surface area contributed by atoms with Crippen molar-refractivity contribution in [3.63, 3.8) is 0 Å². The third-order valence-corrected chi connectivity index (χ3v) is 2.65. The first kappa shape index (κ1) is 13.8. The zero-order chi connectivity index (χ0) is 13.2. The number of ether oxygens (including phenoxy) is 1. The number of hydrogen-bond donors (Lipinski definition) is 1. The Kier molecular flexibility index (Phi) is 4.01. The molecule has 5 heteroatoms. The van der Waals surface area contributed by atoms with E-state index in [9.17, 15) is 9.90 Å². The number of halogens is 1. The first-order chi connectivity index (χ1) is 7.77. The van der Waals surface area contributed by atoms with Crippen LogP contribution in [0.2, 0.25) is 5.02 Å². The molecule has 4 nitrogen and oxygen atoms in total. The van der Waals surface area contributed by atoms with Crippen LogP contribution in [0.4, 0.5) is 5.69 Å².